The predicted octanol–water partition coefficient (Wildman–Crippen LogP) is 5.00. The highest BCUT2D eigenvalue weighted by Gasteiger charge is 2.06. The number of para-hydroxylation sites is 1. The monoisotopic (exact) mass is 304 g/mol. The van der Waals surface area contributed by atoms with Crippen molar-refractivity contribution >= 4 is 27.5 Å². The van der Waals surface area contributed by atoms with Gasteiger partial charge in [-0.3, -0.25) is 0 Å². The van der Waals surface area contributed by atoms with E-state index in [0.717, 1.165) is 34.7 Å². The zero-order chi connectivity index (χ0) is 12.0. The first kappa shape index (κ1) is 13.9. The number of halogens is 2. The summed E-state index contributed by atoms with van der Waals surface area (Å²) < 4.78 is 6.76. The minimum absolute atomic E-state index is 0.485. The lowest BCUT2D eigenvalue weighted by Gasteiger charge is -2.12. The summed E-state index contributed by atoms with van der Waals surface area (Å²) in [5.74, 6) is 2.11. The second kappa shape index (κ2) is 7.18. The van der Waals surface area contributed by atoms with Crippen LogP contribution in [0.25, 0.3) is 0 Å². The molecule has 0 aliphatic carbocycles. The third-order valence-electron chi connectivity index (χ3n) is 2.36. The third kappa shape index (κ3) is 4.34. The lowest BCUT2D eigenvalue weighted by Crippen LogP contribution is -2.02. The second-order valence-corrected chi connectivity index (χ2v) is 5.37. The van der Waals surface area contributed by atoms with E-state index in [4.69, 9.17) is 16.3 Å². The van der Waals surface area contributed by atoms with Gasteiger partial charge in [-0.05, 0) is 40.8 Å². The molecule has 0 heterocycles. The minimum Gasteiger partial charge on any atom is -0.492 e. The largest absolute Gasteiger partial charge is 0.492 e. The zero-order valence-electron chi connectivity index (χ0n) is 9.80. The Balaban J connectivity index is 2.52. The van der Waals surface area contributed by atoms with Crippen LogP contribution < -0.4 is 4.74 Å². The first-order chi connectivity index (χ1) is 7.65. The Labute approximate surface area is 111 Å². The van der Waals surface area contributed by atoms with Crippen molar-refractivity contribution in [3.63, 3.8) is 0 Å². The Hall–Kier alpha value is -0.210. The molecule has 0 radical (unpaired) electrons. The SMILES string of the molecule is CC(C)CCCOc1c(Br)cccc1CCl. The zero-order valence-corrected chi connectivity index (χ0v) is 12.1. The van der Waals surface area contributed by atoms with E-state index in [1.54, 1.807) is 0 Å². The van der Waals surface area contributed by atoms with Gasteiger partial charge in [-0.1, -0.05) is 26.0 Å². The number of alkyl halides is 1. The van der Waals surface area contributed by atoms with Crippen LogP contribution in [0.1, 0.15) is 32.3 Å². The average molecular weight is 306 g/mol. The highest BCUT2D eigenvalue weighted by Crippen LogP contribution is 2.30. The Morgan fingerprint density at radius 3 is 2.75 bits per heavy atom. The van der Waals surface area contributed by atoms with Gasteiger partial charge in [0, 0.05) is 5.56 Å². The van der Waals surface area contributed by atoms with Gasteiger partial charge in [0.1, 0.15) is 5.75 Å². The summed E-state index contributed by atoms with van der Waals surface area (Å²) in [5, 5.41) is 0. The van der Waals surface area contributed by atoms with E-state index in [9.17, 15) is 0 Å². The molecule has 16 heavy (non-hydrogen) atoms. The molecular weight excluding hydrogens is 287 g/mol. The molecule has 1 rings (SSSR count). The number of ether oxygens (including phenoxy) is 1. The standard InChI is InChI=1S/C13H18BrClO/c1-10(2)5-4-8-16-13-11(9-15)6-3-7-12(13)14/h3,6-7,10H,4-5,8-9H2,1-2H3. The summed E-state index contributed by atoms with van der Waals surface area (Å²) in [5.41, 5.74) is 1.04. The van der Waals surface area contributed by atoms with Crippen LogP contribution in [0, 0.1) is 5.92 Å². The van der Waals surface area contributed by atoms with Crippen molar-refractivity contribution < 1.29 is 4.74 Å². The highest BCUT2D eigenvalue weighted by molar-refractivity contribution is 9.10. The Morgan fingerprint density at radius 2 is 2.12 bits per heavy atom. The van der Waals surface area contributed by atoms with Gasteiger partial charge in [0.25, 0.3) is 0 Å². The van der Waals surface area contributed by atoms with Gasteiger partial charge in [0.05, 0.1) is 17.0 Å². The van der Waals surface area contributed by atoms with Gasteiger partial charge in [-0.2, -0.15) is 0 Å². The van der Waals surface area contributed by atoms with Crippen molar-refractivity contribution in [1.82, 2.24) is 0 Å². The highest BCUT2D eigenvalue weighted by atomic mass is 79.9. The molecule has 0 saturated heterocycles. The number of benzene rings is 1. The van der Waals surface area contributed by atoms with E-state index >= 15 is 0 Å². The molecule has 1 aromatic rings. The smallest absolute Gasteiger partial charge is 0.137 e. The molecule has 1 aromatic carbocycles. The third-order valence-corrected chi connectivity index (χ3v) is 3.28. The van der Waals surface area contributed by atoms with Gasteiger partial charge in [-0.25, -0.2) is 0 Å². The molecule has 0 unspecified atom stereocenters. The van der Waals surface area contributed by atoms with Crippen molar-refractivity contribution in [2.75, 3.05) is 6.61 Å². The normalized spacial score (nSPS) is 10.8. The van der Waals surface area contributed by atoms with E-state index in [-0.39, 0.29) is 0 Å². The first-order valence-corrected chi connectivity index (χ1v) is 6.94. The summed E-state index contributed by atoms with van der Waals surface area (Å²) in [6.07, 6.45) is 2.28. The maximum Gasteiger partial charge on any atom is 0.137 e. The van der Waals surface area contributed by atoms with Gasteiger partial charge in [0.2, 0.25) is 0 Å². The first-order valence-electron chi connectivity index (χ1n) is 5.61. The molecule has 0 N–H and O–H groups in total. The summed E-state index contributed by atoms with van der Waals surface area (Å²) >= 11 is 9.35. The fourth-order valence-electron chi connectivity index (χ4n) is 1.49. The molecule has 0 aromatic heterocycles. The summed E-state index contributed by atoms with van der Waals surface area (Å²) in [7, 11) is 0. The van der Waals surface area contributed by atoms with Crippen LogP contribution in [0.5, 0.6) is 5.75 Å². The molecule has 0 bridgehead atoms. The second-order valence-electron chi connectivity index (χ2n) is 4.25. The van der Waals surface area contributed by atoms with Gasteiger partial charge in [0.15, 0.2) is 0 Å². The van der Waals surface area contributed by atoms with Gasteiger partial charge in [-0.15, -0.1) is 11.6 Å². The Morgan fingerprint density at radius 1 is 1.38 bits per heavy atom. The summed E-state index contributed by atoms with van der Waals surface area (Å²) in [6.45, 7) is 5.20. The summed E-state index contributed by atoms with van der Waals surface area (Å²) in [6, 6.07) is 5.95. The number of rotatable bonds is 6. The molecule has 0 aliphatic rings. The molecular formula is C13H18BrClO. The van der Waals surface area contributed by atoms with Crippen LogP contribution in [0.4, 0.5) is 0 Å². The van der Waals surface area contributed by atoms with Crippen LogP contribution in [0.2, 0.25) is 0 Å². The molecule has 0 fully saturated rings. The fourth-order valence-corrected chi connectivity index (χ4v) is 2.22. The van der Waals surface area contributed by atoms with Crippen molar-refractivity contribution in [3.8, 4) is 5.75 Å². The molecule has 1 nitrogen and oxygen atoms in total. The molecule has 90 valence electrons. The van der Waals surface area contributed by atoms with Crippen LogP contribution in [-0.4, -0.2) is 6.61 Å². The predicted molar refractivity (Wildman–Crippen MR) is 73.3 cm³/mol. The lowest BCUT2D eigenvalue weighted by molar-refractivity contribution is 0.294. The van der Waals surface area contributed by atoms with Crippen LogP contribution in [0.3, 0.4) is 0 Å². The molecule has 0 atom stereocenters. The Kier molecular flexibility index (Phi) is 6.22. The van der Waals surface area contributed by atoms with Crippen LogP contribution in [-0.2, 0) is 5.88 Å². The maximum absolute atomic E-state index is 5.87. The topological polar surface area (TPSA) is 9.23 Å². The molecule has 0 aliphatic heterocycles. The van der Waals surface area contributed by atoms with Crippen molar-refractivity contribution in [1.29, 1.82) is 0 Å². The number of hydrogen-bond acceptors (Lipinski definition) is 1. The minimum atomic E-state index is 0.485. The molecule has 0 amide bonds. The maximum atomic E-state index is 5.87. The quantitative estimate of drug-likeness (QED) is 0.530. The van der Waals surface area contributed by atoms with Crippen LogP contribution >= 0.6 is 27.5 Å². The number of hydrogen-bond donors (Lipinski definition) is 0. The van der Waals surface area contributed by atoms with Crippen molar-refractivity contribution in [2.45, 2.75) is 32.6 Å². The molecule has 0 spiro atoms. The lowest BCUT2D eigenvalue weighted by atomic mass is 10.1. The van der Waals surface area contributed by atoms with E-state index in [0.29, 0.717) is 5.88 Å². The van der Waals surface area contributed by atoms with Crippen LogP contribution in [0.15, 0.2) is 22.7 Å². The van der Waals surface area contributed by atoms with Gasteiger partial charge < -0.3 is 4.74 Å². The van der Waals surface area contributed by atoms with Crippen molar-refractivity contribution in [3.05, 3.63) is 28.2 Å². The van der Waals surface area contributed by atoms with E-state index in [2.05, 4.69) is 29.8 Å². The van der Waals surface area contributed by atoms with E-state index in [1.165, 1.54) is 6.42 Å². The van der Waals surface area contributed by atoms with Crippen molar-refractivity contribution in [2.24, 2.45) is 5.92 Å². The summed E-state index contributed by atoms with van der Waals surface area (Å²) in [4.78, 5) is 0. The molecule has 0 saturated carbocycles. The molecule has 3 heteroatoms. The fraction of sp³-hybridized carbons (Fsp3) is 0.538. The van der Waals surface area contributed by atoms with Gasteiger partial charge >= 0.3 is 0 Å². The average Bonchev–Trinajstić information content (AvgIpc) is 2.25. The van der Waals surface area contributed by atoms with E-state index in [1.807, 2.05) is 18.2 Å². The van der Waals surface area contributed by atoms with E-state index < -0.39 is 0 Å². The Bertz CT molecular complexity index is 326.